The van der Waals surface area contributed by atoms with Crippen LogP contribution in [0.5, 0.6) is 0 Å². The summed E-state index contributed by atoms with van der Waals surface area (Å²) < 4.78 is 29.3. The van der Waals surface area contributed by atoms with Crippen molar-refractivity contribution < 1.29 is 13.6 Å². The first kappa shape index (κ1) is 17.1. The van der Waals surface area contributed by atoms with Crippen molar-refractivity contribution in [3.63, 3.8) is 0 Å². The molecule has 0 fully saturated rings. The van der Waals surface area contributed by atoms with Crippen LogP contribution in [-0.4, -0.2) is 36.7 Å². The Kier molecular flexibility index (Phi) is 3.87. The number of carbonyl (C=O) groups excluding carboxylic acids is 1. The summed E-state index contributed by atoms with van der Waals surface area (Å²) in [6.07, 6.45) is 2.96. The van der Waals surface area contributed by atoms with Crippen LogP contribution in [0.25, 0.3) is 33.5 Å². The number of aromatic amines is 1. The van der Waals surface area contributed by atoms with Crippen LogP contribution in [0.15, 0.2) is 24.5 Å². The van der Waals surface area contributed by atoms with Gasteiger partial charge in [0.25, 0.3) is 5.91 Å². The van der Waals surface area contributed by atoms with E-state index in [1.54, 1.807) is 7.05 Å². The molecule has 0 bridgehead atoms. The Morgan fingerprint density at radius 3 is 2.81 bits per heavy atom. The van der Waals surface area contributed by atoms with Crippen LogP contribution in [0.3, 0.4) is 0 Å². The second-order valence-corrected chi connectivity index (χ2v) is 6.54. The van der Waals surface area contributed by atoms with E-state index in [1.807, 2.05) is 13.8 Å². The third kappa shape index (κ3) is 2.80. The Morgan fingerprint density at radius 1 is 1.30 bits per heavy atom. The van der Waals surface area contributed by atoms with Crippen molar-refractivity contribution in [2.24, 2.45) is 7.05 Å². The van der Waals surface area contributed by atoms with Crippen molar-refractivity contribution in [1.82, 2.24) is 30.0 Å². The van der Waals surface area contributed by atoms with Crippen molar-refractivity contribution in [3.05, 3.63) is 41.7 Å². The van der Waals surface area contributed by atoms with Gasteiger partial charge in [-0.15, -0.1) is 0 Å². The number of nitrogens with zero attached hydrogens (tertiary/aromatic N) is 4. The van der Waals surface area contributed by atoms with Crippen LogP contribution in [0.4, 0.5) is 8.78 Å². The molecule has 4 rings (SSSR count). The smallest absolute Gasteiger partial charge is 0.255 e. The quantitative estimate of drug-likeness (QED) is 0.580. The molecule has 0 atom stereocenters. The van der Waals surface area contributed by atoms with Crippen LogP contribution in [0.1, 0.15) is 24.2 Å². The SMILES string of the molecule is CC(C)NC(=O)c1c[nH]c2ncc(-c3nn(C)c4cc(F)cc(F)c34)nc12. The zero-order valence-electron chi connectivity index (χ0n) is 14.8. The summed E-state index contributed by atoms with van der Waals surface area (Å²) >= 11 is 0. The third-order valence-corrected chi connectivity index (χ3v) is 4.16. The summed E-state index contributed by atoms with van der Waals surface area (Å²) in [4.78, 5) is 24.0. The average molecular weight is 370 g/mol. The number of aryl methyl sites for hydroxylation is 1. The summed E-state index contributed by atoms with van der Waals surface area (Å²) in [5.74, 6) is -1.71. The highest BCUT2D eigenvalue weighted by Crippen LogP contribution is 2.30. The van der Waals surface area contributed by atoms with Crippen LogP contribution < -0.4 is 5.32 Å². The van der Waals surface area contributed by atoms with Gasteiger partial charge in [-0.05, 0) is 19.9 Å². The maximum atomic E-state index is 14.4. The van der Waals surface area contributed by atoms with Crippen molar-refractivity contribution in [2.75, 3.05) is 0 Å². The molecule has 4 aromatic rings. The molecule has 0 unspecified atom stereocenters. The molecule has 0 aliphatic carbocycles. The molecule has 0 saturated heterocycles. The van der Waals surface area contributed by atoms with E-state index in [4.69, 9.17) is 0 Å². The lowest BCUT2D eigenvalue weighted by molar-refractivity contribution is 0.0944. The van der Waals surface area contributed by atoms with E-state index in [-0.39, 0.29) is 28.7 Å². The average Bonchev–Trinajstić information content (AvgIpc) is 3.15. The number of halogens is 2. The van der Waals surface area contributed by atoms with E-state index in [0.29, 0.717) is 22.2 Å². The summed E-state index contributed by atoms with van der Waals surface area (Å²) in [5.41, 5.74) is 1.94. The van der Waals surface area contributed by atoms with Crippen LogP contribution >= 0.6 is 0 Å². The summed E-state index contributed by atoms with van der Waals surface area (Å²) in [7, 11) is 1.59. The molecule has 0 aliphatic rings. The zero-order valence-corrected chi connectivity index (χ0v) is 14.8. The van der Waals surface area contributed by atoms with Crippen molar-refractivity contribution in [3.8, 4) is 11.4 Å². The van der Waals surface area contributed by atoms with Gasteiger partial charge in [0.2, 0.25) is 0 Å². The third-order valence-electron chi connectivity index (χ3n) is 4.16. The van der Waals surface area contributed by atoms with Gasteiger partial charge in [-0.2, -0.15) is 5.10 Å². The molecular formula is C18H16F2N6O. The number of nitrogens with one attached hydrogen (secondary N) is 2. The normalized spacial score (nSPS) is 11.6. The van der Waals surface area contributed by atoms with E-state index in [1.165, 1.54) is 23.1 Å². The Bertz CT molecular complexity index is 1190. The Balaban J connectivity index is 1.91. The molecule has 138 valence electrons. The predicted octanol–water partition coefficient (Wildman–Crippen LogP) is 2.93. The van der Waals surface area contributed by atoms with Crippen LogP contribution in [-0.2, 0) is 7.05 Å². The first-order chi connectivity index (χ1) is 12.8. The molecule has 0 radical (unpaired) electrons. The van der Waals surface area contributed by atoms with Gasteiger partial charge in [0.15, 0.2) is 5.65 Å². The lowest BCUT2D eigenvalue weighted by Crippen LogP contribution is -2.29. The summed E-state index contributed by atoms with van der Waals surface area (Å²) in [6, 6.07) is 1.97. The van der Waals surface area contributed by atoms with E-state index < -0.39 is 11.6 Å². The maximum Gasteiger partial charge on any atom is 0.255 e. The molecular weight excluding hydrogens is 354 g/mol. The van der Waals surface area contributed by atoms with E-state index in [9.17, 15) is 13.6 Å². The highest BCUT2D eigenvalue weighted by atomic mass is 19.1. The van der Waals surface area contributed by atoms with Crippen LogP contribution in [0.2, 0.25) is 0 Å². The molecule has 2 N–H and O–H groups in total. The van der Waals surface area contributed by atoms with Gasteiger partial charge < -0.3 is 10.3 Å². The van der Waals surface area contributed by atoms with Gasteiger partial charge in [0, 0.05) is 25.4 Å². The predicted molar refractivity (Wildman–Crippen MR) is 96.1 cm³/mol. The topological polar surface area (TPSA) is 88.5 Å². The van der Waals surface area contributed by atoms with E-state index in [0.717, 1.165) is 6.07 Å². The van der Waals surface area contributed by atoms with Gasteiger partial charge in [-0.3, -0.25) is 9.48 Å². The fraction of sp³-hybridized carbons (Fsp3) is 0.222. The lowest BCUT2D eigenvalue weighted by Gasteiger charge is -2.07. The molecule has 3 heterocycles. The number of hydrogen-bond acceptors (Lipinski definition) is 4. The molecule has 0 spiro atoms. The second-order valence-electron chi connectivity index (χ2n) is 6.54. The van der Waals surface area contributed by atoms with Crippen LogP contribution in [0, 0.1) is 11.6 Å². The minimum absolute atomic E-state index is 0.0395. The van der Waals surface area contributed by atoms with Gasteiger partial charge in [-0.25, -0.2) is 18.7 Å². The number of fused-ring (bicyclic) bond motifs is 2. The highest BCUT2D eigenvalue weighted by Gasteiger charge is 2.20. The number of aromatic nitrogens is 5. The summed E-state index contributed by atoms with van der Waals surface area (Å²) in [5, 5.41) is 7.22. The first-order valence-electron chi connectivity index (χ1n) is 8.32. The molecule has 0 saturated carbocycles. The number of benzene rings is 1. The van der Waals surface area contributed by atoms with Gasteiger partial charge >= 0.3 is 0 Å². The minimum Gasteiger partial charge on any atom is -0.350 e. The Morgan fingerprint density at radius 2 is 2.07 bits per heavy atom. The number of rotatable bonds is 3. The monoisotopic (exact) mass is 370 g/mol. The second kappa shape index (κ2) is 6.11. The highest BCUT2D eigenvalue weighted by molar-refractivity contribution is 6.05. The minimum atomic E-state index is -0.734. The molecule has 27 heavy (non-hydrogen) atoms. The number of carbonyl (C=O) groups is 1. The lowest BCUT2D eigenvalue weighted by atomic mass is 10.1. The fourth-order valence-corrected chi connectivity index (χ4v) is 3.00. The van der Waals surface area contributed by atoms with Gasteiger partial charge in [0.1, 0.15) is 28.5 Å². The molecule has 3 aromatic heterocycles. The molecule has 9 heteroatoms. The largest absolute Gasteiger partial charge is 0.350 e. The molecule has 1 aromatic carbocycles. The number of hydrogen-bond donors (Lipinski definition) is 2. The number of amides is 1. The molecule has 7 nitrogen and oxygen atoms in total. The maximum absolute atomic E-state index is 14.4. The van der Waals surface area contributed by atoms with Crippen molar-refractivity contribution in [2.45, 2.75) is 19.9 Å². The van der Waals surface area contributed by atoms with E-state index in [2.05, 4.69) is 25.4 Å². The van der Waals surface area contributed by atoms with Gasteiger partial charge in [-0.1, -0.05) is 0 Å². The fourth-order valence-electron chi connectivity index (χ4n) is 3.00. The molecule has 0 aliphatic heterocycles. The Labute approximate surface area is 152 Å². The van der Waals surface area contributed by atoms with Crippen molar-refractivity contribution in [1.29, 1.82) is 0 Å². The summed E-state index contributed by atoms with van der Waals surface area (Å²) in [6.45, 7) is 3.71. The zero-order chi connectivity index (χ0) is 19.3. The Hall–Kier alpha value is -3.36. The first-order valence-corrected chi connectivity index (χ1v) is 8.32. The van der Waals surface area contributed by atoms with Gasteiger partial charge in [0.05, 0.1) is 22.7 Å². The standard InChI is InChI=1S/C18H16F2N6O/c1-8(2)23-18(27)10-6-21-17-15(10)24-12(7-22-17)16-14-11(20)4-9(19)5-13(14)26(3)25-16/h4-8H,1-3H3,(H,21,22)(H,23,27). The van der Waals surface area contributed by atoms with Crippen molar-refractivity contribution >= 4 is 28.0 Å². The van der Waals surface area contributed by atoms with E-state index >= 15 is 0 Å². The number of H-pyrrole nitrogens is 1. The molecule has 1 amide bonds.